The van der Waals surface area contributed by atoms with Crippen molar-refractivity contribution >= 4 is 51.4 Å². The number of thiophene rings is 1. The van der Waals surface area contributed by atoms with Crippen molar-refractivity contribution in [3.8, 4) is 0 Å². The lowest BCUT2D eigenvalue weighted by molar-refractivity contribution is 0.0916. The van der Waals surface area contributed by atoms with Crippen LogP contribution in [-0.4, -0.2) is 17.6 Å². The van der Waals surface area contributed by atoms with Crippen LogP contribution in [0.5, 0.6) is 0 Å². The van der Waals surface area contributed by atoms with Crippen molar-refractivity contribution in [3.05, 3.63) is 54.7 Å². The molecule has 2 rings (SSSR count). The van der Waals surface area contributed by atoms with E-state index in [9.17, 15) is 9.90 Å². The molecule has 0 saturated carbocycles. The van der Waals surface area contributed by atoms with E-state index in [0.717, 1.165) is 9.13 Å². The Bertz CT molecular complexity index is 574. The van der Waals surface area contributed by atoms with Crippen LogP contribution in [0.2, 0.25) is 5.02 Å². The molecule has 6 heteroatoms. The molecular formula is C13H11ClINO2S. The molecule has 1 aromatic carbocycles. The maximum atomic E-state index is 11.9. The SMILES string of the molecule is O=C(NCC(O)c1ccsc1)c1ccc(I)c(Cl)c1. The first-order valence-corrected chi connectivity index (χ1v) is 7.91. The van der Waals surface area contributed by atoms with Gasteiger partial charge in [-0.25, -0.2) is 0 Å². The molecule has 0 aliphatic rings. The number of nitrogens with one attached hydrogen (secondary N) is 1. The van der Waals surface area contributed by atoms with E-state index < -0.39 is 6.10 Å². The Morgan fingerprint density at radius 2 is 2.26 bits per heavy atom. The highest BCUT2D eigenvalue weighted by molar-refractivity contribution is 14.1. The van der Waals surface area contributed by atoms with Crippen LogP contribution in [0.4, 0.5) is 0 Å². The zero-order chi connectivity index (χ0) is 13.8. The molecular weight excluding hydrogens is 397 g/mol. The predicted octanol–water partition coefficient (Wildman–Crippen LogP) is 3.47. The number of aliphatic hydroxyl groups is 1. The van der Waals surface area contributed by atoms with E-state index in [1.165, 1.54) is 11.3 Å². The van der Waals surface area contributed by atoms with E-state index in [4.69, 9.17) is 11.6 Å². The predicted molar refractivity (Wildman–Crippen MR) is 85.8 cm³/mol. The molecule has 0 radical (unpaired) electrons. The molecule has 1 atom stereocenters. The molecule has 0 bridgehead atoms. The van der Waals surface area contributed by atoms with Crippen molar-refractivity contribution in [1.29, 1.82) is 0 Å². The van der Waals surface area contributed by atoms with Crippen molar-refractivity contribution in [1.82, 2.24) is 5.32 Å². The van der Waals surface area contributed by atoms with Gasteiger partial charge in [0.25, 0.3) is 5.91 Å². The van der Waals surface area contributed by atoms with E-state index in [-0.39, 0.29) is 12.5 Å². The molecule has 1 aromatic heterocycles. The number of benzene rings is 1. The number of halogens is 2. The second-order valence-corrected chi connectivity index (χ2v) is 6.26. The summed E-state index contributed by atoms with van der Waals surface area (Å²) >= 11 is 9.58. The van der Waals surface area contributed by atoms with Crippen LogP contribution in [-0.2, 0) is 0 Å². The molecule has 0 saturated heterocycles. The van der Waals surface area contributed by atoms with Crippen LogP contribution in [0.3, 0.4) is 0 Å². The van der Waals surface area contributed by atoms with E-state index in [0.29, 0.717) is 10.6 Å². The summed E-state index contributed by atoms with van der Waals surface area (Å²) in [6, 6.07) is 6.95. The average Bonchev–Trinajstić information content (AvgIpc) is 2.92. The first-order chi connectivity index (χ1) is 9.08. The van der Waals surface area contributed by atoms with Crippen LogP contribution in [0.25, 0.3) is 0 Å². The van der Waals surface area contributed by atoms with Gasteiger partial charge in [-0.15, -0.1) is 0 Å². The largest absolute Gasteiger partial charge is 0.387 e. The Balaban J connectivity index is 1.96. The van der Waals surface area contributed by atoms with Gasteiger partial charge in [0.1, 0.15) is 0 Å². The third-order valence-electron chi connectivity index (χ3n) is 2.57. The fourth-order valence-corrected chi connectivity index (χ4v) is 2.73. The van der Waals surface area contributed by atoms with Gasteiger partial charge in [-0.05, 0) is 63.2 Å². The molecule has 1 heterocycles. The lowest BCUT2D eigenvalue weighted by atomic mass is 10.2. The third-order valence-corrected chi connectivity index (χ3v) is 4.84. The molecule has 0 aliphatic carbocycles. The highest BCUT2D eigenvalue weighted by Crippen LogP contribution is 2.20. The lowest BCUT2D eigenvalue weighted by Gasteiger charge is -2.11. The molecule has 2 N–H and O–H groups in total. The second-order valence-electron chi connectivity index (χ2n) is 3.91. The summed E-state index contributed by atoms with van der Waals surface area (Å²) in [6.45, 7) is 0.180. The third kappa shape index (κ3) is 3.92. The first kappa shape index (κ1) is 14.8. The van der Waals surface area contributed by atoms with Crippen LogP contribution in [0, 0.1) is 3.57 Å². The van der Waals surface area contributed by atoms with Gasteiger partial charge < -0.3 is 10.4 Å². The number of hydrogen-bond donors (Lipinski definition) is 2. The van der Waals surface area contributed by atoms with E-state index in [2.05, 4.69) is 27.9 Å². The van der Waals surface area contributed by atoms with Gasteiger partial charge in [-0.3, -0.25) is 4.79 Å². The highest BCUT2D eigenvalue weighted by Gasteiger charge is 2.12. The second kappa shape index (κ2) is 6.69. The first-order valence-electron chi connectivity index (χ1n) is 5.51. The number of carbonyl (C=O) groups excluding carboxylic acids is 1. The monoisotopic (exact) mass is 407 g/mol. The number of hydrogen-bond acceptors (Lipinski definition) is 3. The molecule has 2 aromatic rings. The Kier molecular flexibility index (Phi) is 5.20. The Morgan fingerprint density at radius 3 is 2.89 bits per heavy atom. The van der Waals surface area contributed by atoms with Gasteiger partial charge in [0.15, 0.2) is 0 Å². The average molecular weight is 408 g/mol. The summed E-state index contributed by atoms with van der Waals surface area (Å²) in [6.07, 6.45) is -0.686. The Labute approximate surface area is 133 Å². The van der Waals surface area contributed by atoms with Gasteiger partial charge in [0.2, 0.25) is 0 Å². The molecule has 19 heavy (non-hydrogen) atoms. The van der Waals surface area contributed by atoms with Gasteiger partial charge in [0.05, 0.1) is 11.1 Å². The number of aliphatic hydroxyl groups excluding tert-OH is 1. The fourth-order valence-electron chi connectivity index (χ4n) is 1.51. The van der Waals surface area contributed by atoms with E-state index >= 15 is 0 Å². The summed E-state index contributed by atoms with van der Waals surface area (Å²) in [5.41, 5.74) is 1.30. The van der Waals surface area contributed by atoms with Crippen LogP contribution in [0.1, 0.15) is 22.0 Å². The fraction of sp³-hybridized carbons (Fsp3) is 0.154. The maximum absolute atomic E-state index is 11.9. The van der Waals surface area contributed by atoms with Crippen LogP contribution in [0.15, 0.2) is 35.0 Å². The van der Waals surface area contributed by atoms with Gasteiger partial charge in [0, 0.05) is 15.7 Å². The standard InChI is InChI=1S/C13H11ClINO2S/c14-10-5-8(1-2-11(10)15)13(18)16-6-12(17)9-3-4-19-7-9/h1-5,7,12,17H,6H2,(H,16,18). The topological polar surface area (TPSA) is 49.3 Å². The van der Waals surface area contributed by atoms with Crippen molar-refractivity contribution < 1.29 is 9.90 Å². The maximum Gasteiger partial charge on any atom is 0.251 e. The minimum absolute atomic E-state index is 0.180. The lowest BCUT2D eigenvalue weighted by Crippen LogP contribution is -2.28. The molecule has 0 spiro atoms. The summed E-state index contributed by atoms with van der Waals surface area (Å²) in [7, 11) is 0. The van der Waals surface area contributed by atoms with Crippen molar-refractivity contribution in [2.75, 3.05) is 6.54 Å². The molecule has 1 amide bonds. The number of rotatable bonds is 4. The normalized spacial score (nSPS) is 12.2. The molecule has 100 valence electrons. The minimum Gasteiger partial charge on any atom is -0.387 e. The molecule has 0 aliphatic heterocycles. The molecule has 0 fully saturated rings. The van der Waals surface area contributed by atoms with E-state index in [1.54, 1.807) is 18.2 Å². The van der Waals surface area contributed by atoms with Crippen molar-refractivity contribution in [2.45, 2.75) is 6.10 Å². The van der Waals surface area contributed by atoms with Crippen LogP contribution >= 0.6 is 45.5 Å². The number of carbonyl (C=O) groups is 1. The van der Waals surface area contributed by atoms with Gasteiger partial charge in [-0.1, -0.05) is 11.6 Å². The van der Waals surface area contributed by atoms with E-state index in [1.807, 2.05) is 16.8 Å². The molecule has 1 unspecified atom stereocenters. The number of amides is 1. The Hall–Kier alpha value is -0.630. The summed E-state index contributed by atoms with van der Waals surface area (Å²) in [5.74, 6) is -0.243. The quantitative estimate of drug-likeness (QED) is 0.763. The minimum atomic E-state index is -0.686. The van der Waals surface area contributed by atoms with Gasteiger partial charge >= 0.3 is 0 Å². The zero-order valence-corrected chi connectivity index (χ0v) is 13.5. The smallest absolute Gasteiger partial charge is 0.251 e. The van der Waals surface area contributed by atoms with Gasteiger partial charge in [-0.2, -0.15) is 11.3 Å². The molecule has 3 nitrogen and oxygen atoms in total. The summed E-state index contributed by atoms with van der Waals surface area (Å²) < 4.78 is 0.897. The van der Waals surface area contributed by atoms with Crippen molar-refractivity contribution in [2.24, 2.45) is 0 Å². The van der Waals surface area contributed by atoms with Crippen molar-refractivity contribution in [3.63, 3.8) is 0 Å². The Morgan fingerprint density at radius 1 is 1.47 bits per heavy atom. The summed E-state index contributed by atoms with van der Waals surface area (Å²) in [4.78, 5) is 11.9. The zero-order valence-electron chi connectivity index (χ0n) is 9.77. The summed E-state index contributed by atoms with van der Waals surface area (Å²) in [5, 5.41) is 16.9. The van der Waals surface area contributed by atoms with Crippen LogP contribution < -0.4 is 5.32 Å². The highest BCUT2D eigenvalue weighted by atomic mass is 127.